The first-order chi connectivity index (χ1) is 9.51. The fraction of sp³-hybridized carbons (Fsp3) is 0.0909. The molecular formula is C11H10FN5O3. The van der Waals surface area contributed by atoms with Crippen molar-refractivity contribution in [2.24, 2.45) is 0 Å². The number of amides is 1. The van der Waals surface area contributed by atoms with Crippen LogP contribution in [0.25, 0.3) is 0 Å². The molecule has 0 saturated carbocycles. The van der Waals surface area contributed by atoms with Gasteiger partial charge in [0.25, 0.3) is 5.91 Å². The van der Waals surface area contributed by atoms with Crippen molar-refractivity contribution in [1.29, 1.82) is 0 Å². The second-order valence-electron chi connectivity index (χ2n) is 3.68. The summed E-state index contributed by atoms with van der Waals surface area (Å²) < 4.78 is 17.7. The van der Waals surface area contributed by atoms with Crippen LogP contribution in [0.5, 0.6) is 0 Å². The molecule has 20 heavy (non-hydrogen) atoms. The number of benzene rings is 1. The second-order valence-corrected chi connectivity index (χ2v) is 3.68. The van der Waals surface area contributed by atoms with Gasteiger partial charge in [0.1, 0.15) is 5.82 Å². The van der Waals surface area contributed by atoms with Crippen LogP contribution in [0.3, 0.4) is 0 Å². The summed E-state index contributed by atoms with van der Waals surface area (Å²) in [5, 5.41) is 8.19. The zero-order valence-electron chi connectivity index (χ0n) is 10.3. The number of rotatable bonds is 3. The van der Waals surface area contributed by atoms with Crippen molar-refractivity contribution < 1.29 is 18.7 Å². The van der Waals surface area contributed by atoms with Crippen molar-refractivity contribution in [1.82, 2.24) is 15.2 Å². The quantitative estimate of drug-likeness (QED) is 0.705. The number of nitrogens with two attached hydrogens (primary N) is 1. The molecule has 0 radical (unpaired) electrons. The van der Waals surface area contributed by atoms with Crippen LogP contribution in [-0.2, 0) is 4.74 Å². The molecule has 8 nitrogen and oxygen atoms in total. The number of nitrogens with one attached hydrogen (secondary N) is 2. The smallest absolute Gasteiger partial charge is 0.340 e. The maximum absolute atomic E-state index is 13.1. The molecule has 1 aromatic heterocycles. The van der Waals surface area contributed by atoms with E-state index in [-0.39, 0.29) is 23.0 Å². The van der Waals surface area contributed by atoms with E-state index in [0.717, 1.165) is 19.2 Å². The van der Waals surface area contributed by atoms with Crippen LogP contribution in [0.1, 0.15) is 21.0 Å². The van der Waals surface area contributed by atoms with Gasteiger partial charge in [0.2, 0.25) is 11.8 Å². The number of carbonyl (C=O) groups excluding carboxylic acids is 2. The van der Waals surface area contributed by atoms with E-state index in [4.69, 9.17) is 5.73 Å². The maximum atomic E-state index is 13.1. The molecule has 0 atom stereocenters. The normalized spacial score (nSPS) is 10.1. The Morgan fingerprint density at radius 2 is 2.20 bits per heavy atom. The van der Waals surface area contributed by atoms with Crippen molar-refractivity contribution in [3.63, 3.8) is 0 Å². The molecule has 0 aliphatic rings. The van der Waals surface area contributed by atoms with Gasteiger partial charge < -0.3 is 15.8 Å². The van der Waals surface area contributed by atoms with Crippen LogP contribution < -0.4 is 11.1 Å². The summed E-state index contributed by atoms with van der Waals surface area (Å²) in [5.41, 5.74) is 5.24. The summed E-state index contributed by atoms with van der Waals surface area (Å²) in [5.74, 6) is -2.32. The predicted molar refractivity (Wildman–Crippen MR) is 66.5 cm³/mol. The SMILES string of the molecule is COC(=O)c1cc(F)ccc1NC(=O)c1nc(N)n[nH]1. The van der Waals surface area contributed by atoms with Crippen LogP contribution in [0.4, 0.5) is 16.0 Å². The number of halogens is 1. The Hall–Kier alpha value is -2.97. The molecule has 2 rings (SSSR count). The molecule has 9 heteroatoms. The number of nitrogen functional groups attached to an aromatic ring is 1. The fourth-order valence-corrected chi connectivity index (χ4v) is 1.46. The van der Waals surface area contributed by atoms with Gasteiger partial charge in [0.05, 0.1) is 18.4 Å². The zero-order chi connectivity index (χ0) is 14.7. The number of aromatic amines is 1. The third-order valence-electron chi connectivity index (χ3n) is 2.35. The number of esters is 1. The van der Waals surface area contributed by atoms with Crippen molar-refractivity contribution in [2.45, 2.75) is 0 Å². The lowest BCUT2D eigenvalue weighted by Gasteiger charge is -2.08. The largest absolute Gasteiger partial charge is 0.465 e. The third-order valence-corrected chi connectivity index (χ3v) is 2.35. The van der Waals surface area contributed by atoms with Gasteiger partial charge in [0, 0.05) is 0 Å². The summed E-state index contributed by atoms with van der Waals surface area (Å²) in [6.45, 7) is 0. The highest BCUT2D eigenvalue weighted by molar-refractivity contribution is 6.06. The lowest BCUT2D eigenvalue weighted by molar-refractivity contribution is 0.0601. The van der Waals surface area contributed by atoms with Gasteiger partial charge in [0.15, 0.2) is 0 Å². The minimum atomic E-state index is -0.781. The molecule has 0 fully saturated rings. The highest BCUT2D eigenvalue weighted by Crippen LogP contribution is 2.18. The van der Waals surface area contributed by atoms with E-state index in [1.54, 1.807) is 0 Å². The molecule has 0 unspecified atom stereocenters. The van der Waals surface area contributed by atoms with Crippen LogP contribution in [0.15, 0.2) is 18.2 Å². The number of nitrogens with zero attached hydrogens (tertiary/aromatic N) is 2. The fourth-order valence-electron chi connectivity index (χ4n) is 1.46. The van der Waals surface area contributed by atoms with Gasteiger partial charge in [-0.1, -0.05) is 0 Å². The number of hydrogen-bond donors (Lipinski definition) is 3. The van der Waals surface area contributed by atoms with E-state index in [9.17, 15) is 14.0 Å². The summed E-state index contributed by atoms with van der Waals surface area (Å²) in [6, 6.07) is 3.28. The molecule has 0 aliphatic heterocycles. The molecule has 0 saturated heterocycles. The summed E-state index contributed by atoms with van der Waals surface area (Å²) >= 11 is 0. The van der Waals surface area contributed by atoms with E-state index >= 15 is 0 Å². The number of carbonyl (C=O) groups is 2. The first-order valence-electron chi connectivity index (χ1n) is 5.38. The first-order valence-corrected chi connectivity index (χ1v) is 5.38. The number of methoxy groups -OCH3 is 1. The number of aromatic nitrogens is 3. The molecule has 1 heterocycles. The molecule has 104 valence electrons. The topological polar surface area (TPSA) is 123 Å². The molecule has 0 bridgehead atoms. The van der Waals surface area contributed by atoms with Crippen molar-refractivity contribution in [3.8, 4) is 0 Å². The standard InChI is InChI=1S/C11H10FN5O3/c1-20-10(19)6-4-5(12)2-3-7(6)14-9(18)8-15-11(13)17-16-8/h2-4H,1H3,(H,14,18)(H3,13,15,16,17). The van der Waals surface area contributed by atoms with E-state index in [0.29, 0.717) is 0 Å². The first kappa shape index (κ1) is 13.5. The Bertz CT molecular complexity index is 670. The van der Waals surface area contributed by atoms with Crippen molar-refractivity contribution >= 4 is 23.5 Å². The number of ether oxygens (including phenoxy) is 1. The van der Waals surface area contributed by atoms with Gasteiger partial charge >= 0.3 is 5.97 Å². The number of hydrogen-bond acceptors (Lipinski definition) is 6. The Morgan fingerprint density at radius 1 is 1.45 bits per heavy atom. The van der Waals surface area contributed by atoms with Crippen LogP contribution >= 0.6 is 0 Å². The van der Waals surface area contributed by atoms with E-state index < -0.39 is 17.7 Å². The molecule has 1 amide bonds. The highest BCUT2D eigenvalue weighted by Gasteiger charge is 2.17. The van der Waals surface area contributed by atoms with Crippen LogP contribution in [-0.4, -0.2) is 34.2 Å². The van der Waals surface area contributed by atoms with Gasteiger partial charge in [-0.3, -0.25) is 9.89 Å². The number of H-pyrrole nitrogens is 1. The summed E-state index contributed by atoms with van der Waals surface area (Å²) in [6.07, 6.45) is 0. The third kappa shape index (κ3) is 2.71. The zero-order valence-corrected chi connectivity index (χ0v) is 10.3. The molecular weight excluding hydrogens is 269 g/mol. The van der Waals surface area contributed by atoms with Crippen molar-refractivity contribution in [2.75, 3.05) is 18.2 Å². The lowest BCUT2D eigenvalue weighted by Crippen LogP contribution is -2.17. The Kier molecular flexibility index (Phi) is 3.60. The molecule has 0 spiro atoms. The molecule has 2 aromatic rings. The van der Waals surface area contributed by atoms with Gasteiger partial charge in [-0.25, -0.2) is 9.18 Å². The molecule has 1 aromatic carbocycles. The minimum absolute atomic E-state index is 0.0817. The average Bonchev–Trinajstić information content (AvgIpc) is 2.86. The van der Waals surface area contributed by atoms with E-state index in [1.807, 2.05) is 0 Å². The second kappa shape index (κ2) is 5.34. The lowest BCUT2D eigenvalue weighted by atomic mass is 10.1. The molecule has 0 aliphatic carbocycles. The van der Waals surface area contributed by atoms with E-state index in [1.165, 1.54) is 6.07 Å². The summed E-state index contributed by atoms with van der Waals surface area (Å²) in [7, 11) is 1.15. The van der Waals surface area contributed by atoms with Gasteiger partial charge in [-0.05, 0) is 18.2 Å². The summed E-state index contributed by atoms with van der Waals surface area (Å²) in [4.78, 5) is 27.0. The average molecular weight is 279 g/mol. The monoisotopic (exact) mass is 279 g/mol. The predicted octanol–water partition coefficient (Wildman–Crippen LogP) is 0.565. The highest BCUT2D eigenvalue weighted by atomic mass is 19.1. The Labute approximate surface area is 112 Å². The Morgan fingerprint density at radius 3 is 2.80 bits per heavy atom. The molecule has 4 N–H and O–H groups in total. The Balaban J connectivity index is 2.29. The van der Waals surface area contributed by atoms with Crippen LogP contribution in [0, 0.1) is 5.82 Å². The van der Waals surface area contributed by atoms with Crippen molar-refractivity contribution in [3.05, 3.63) is 35.4 Å². The van der Waals surface area contributed by atoms with Gasteiger partial charge in [-0.2, -0.15) is 4.98 Å². The van der Waals surface area contributed by atoms with Crippen LogP contribution in [0.2, 0.25) is 0 Å². The van der Waals surface area contributed by atoms with E-state index in [2.05, 4.69) is 25.2 Å². The number of anilines is 2. The van der Waals surface area contributed by atoms with Gasteiger partial charge in [-0.15, -0.1) is 5.10 Å². The minimum Gasteiger partial charge on any atom is -0.465 e. The maximum Gasteiger partial charge on any atom is 0.340 e.